The van der Waals surface area contributed by atoms with Gasteiger partial charge in [-0.25, -0.2) is 4.98 Å². The predicted octanol–water partition coefficient (Wildman–Crippen LogP) is 1.33. The van der Waals surface area contributed by atoms with Crippen molar-refractivity contribution in [3.8, 4) is 5.69 Å². The van der Waals surface area contributed by atoms with Crippen molar-refractivity contribution in [1.29, 1.82) is 0 Å². The fourth-order valence-corrected chi connectivity index (χ4v) is 1.71. The number of hydrogen-bond donors (Lipinski definition) is 1. The minimum atomic E-state index is -0.194. The lowest BCUT2D eigenvalue weighted by molar-refractivity contribution is 0.0682. The van der Waals surface area contributed by atoms with Crippen molar-refractivity contribution < 1.29 is 9.90 Å². The minimum Gasteiger partial charge on any atom is -0.394 e. The molecule has 1 amide bonds. The molecular weight excluding hydrogens is 242 g/mol. The van der Waals surface area contributed by atoms with Crippen LogP contribution in [0.4, 0.5) is 0 Å². The van der Waals surface area contributed by atoms with Crippen LogP contribution in [0.5, 0.6) is 0 Å². The Hall–Kier alpha value is -2.14. The van der Waals surface area contributed by atoms with Crippen LogP contribution < -0.4 is 0 Å². The number of carbonyl (C=O) groups is 1. The first-order valence-electron chi connectivity index (χ1n) is 6.10. The third kappa shape index (κ3) is 2.82. The monoisotopic (exact) mass is 259 g/mol. The molecule has 0 radical (unpaired) electrons. The molecule has 0 aliphatic rings. The second-order valence-electron chi connectivity index (χ2n) is 4.46. The van der Waals surface area contributed by atoms with Crippen LogP contribution in [0.1, 0.15) is 17.3 Å². The number of amides is 1. The van der Waals surface area contributed by atoms with Gasteiger partial charge >= 0.3 is 0 Å². The van der Waals surface area contributed by atoms with Crippen LogP contribution in [-0.2, 0) is 0 Å². The van der Waals surface area contributed by atoms with Crippen LogP contribution in [0.3, 0.4) is 0 Å². The van der Waals surface area contributed by atoms with Crippen LogP contribution in [0.15, 0.2) is 43.0 Å². The Kier molecular flexibility index (Phi) is 3.97. The van der Waals surface area contributed by atoms with E-state index in [0.717, 1.165) is 5.69 Å². The van der Waals surface area contributed by atoms with Crippen molar-refractivity contribution in [2.45, 2.75) is 13.0 Å². The second-order valence-corrected chi connectivity index (χ2v) is 4.46. The molecule has 0 fully saturated rings. The van der Waals surface area contributed by atoms with Crippen molar-refractivity contribution in [1.82, 2.24) is 14.5 Å². The van der Waals surface area contributed by atoms with E-state index in [-0.39, 0.29) is 18.6 Å². The molecule has 0 aliphatic carbocycles. The quantitative estimate of drug-likeness (QED) is 0.901. The number of imidazole rings is 1. The molecule has 1 unspecified atom stereocenters. The number of hydrogen-bond acceptors (Lipinski definition) is 3. The van der Waals surface area contributed by atoms with Crippen molar-refractivity contribution >= 4 is 5.91 Å². The Labute approximate surface area is 112 Å². The summed E-state index contributed by atoms with van der Waals surface area (Å²) in [6.07, 6.45) is 5.25. The Bertz CT molecular complexity index is 534. The molecule has 1 N–H and O–H groups in total. The van der Waals surface area contributed by atoms with Gasteiger partial charge in [0.25, 0.3) is 5.91 Å². The molecule has 0 saturated carbocycles. The van der Waals surface area contributed by atoms with Crippen LogP contribution in [0.2, 0.25) is 0 Å². The normalized spacial score (nSPS) is 12.2. The highest BCUT2D eigenvalue weighted by Gasteiger charge is 2.16. The van der Waals surface area contributed by atoms with Gasteiger partial charge in [0.15, 0.2) is 0 Å². The van der Waals surface area contributed by atoms with Gasteiger partial charge in [-0.2, -0.15) is 0 Å². The number of aromatic nitrogens is 2. The lowest BCUT2D eigenvalue weighted by Crippen LogP contribution is -2.37. The molecule has 2 aromatic rings. The lowest BCUT2D eigenvalue weighted by Gasteiger charge is -2.23. The maximum absolute atomic E-state index is 12.1. The average molecular weight is 259 g/mol. The van der Waals surface area contributed by atoms with Gasteiger partial charge in [-0.05, 0) is 31.2 Å². The lowest BCUT2D eigenvalue weighted by atomic mass is 10.1. The van der Waals surface area contributed by atoms with E-state index in [1.807, 2.05) is 22.9 Å². The van der Waals surface area contributed by atoms with Crippen LogP contribution in [0, 0.1) is 0 Å². The summed E-state index contributed by atoms with van der Waals surface area (Å²) < 4.78 is 1.87. The van der Waals surface area contributed by atoms with Crippen molar-refractivity contribution in [2.24, 2.45) is 0 Å². The molecule has 0 aliphatic heterocycles. The Morgan fingerprint density at radius 2 is 2.11 bits per heavy atom. The van der Waals surface area contributed by atoms with Gasteiger partial charge in [0.1, 0.15) is 0 Å². The maximum atomic E-state index is 12.1. The fourth-order valence-electron chi connectivity index (χ4n) is 1.71. The SMILES string of the molecule is CC(CO)N(C)C(=O)c1ccc(-n2ccnc2)cc1. The van der Waals surface area contributed by atoms with Crippen molar-refractivity contribution in [3.63, 3.8) is 0 Å². The number of aliphatic hydroxyl groups is 1. The molecule has 1 aromatic carbocycles. The first-order chi connectivity index (χ1) is 9.13. The molecule has 0 saturated heterocycles. The zero-order chi connectivity index (χ0) is 13.8. The van der Waals surface area contributed by atoms with E-state index < -0.39 is 0 Å². The maximum Gasteiger partial charge on any atom is 0.253 e. The number of aliphatic hydroxyl groups excluding tert-OH is 1. The summed E-state index contributed by atoms with van der Waals surface area (Å²) >= 11 is 0. The number of likely N-dealkylation sites (N-methyl/N-ethyl adjacent to an activating group) is 1. The third-order valence-electron chi connectivity index (χ3n) is 3.16. The van der Waals surface area contributed by atoms with Gasteiger partial charge in [0, 0.05) is 30.7 Å². The van der Waals surface area contributed by atoms with E-state index in [0.29, 0.717) is 5.56 Å². The molecule has 0 spiro atoms. The zero-order valence-electron chi connectivity index (χ0n) is 11.0. The van der Waals surface area contributed by atoms with E-state index >= 15 is 0 Å². The summed E-state index contributed by atoms with van der Waals surface area (Å²) in [4.78, 5) is 17.7. The van der Waals surface area contributed by atoms with Crippen LogP contribution in [0.25, 0.3) is 5.69 Å². The number of benzene rings is 1. The van der Waals surface area contributed by atoms with E-state index in [1.165, 1.54) is 4.90 Å². The molecule has 19 heavy (non-hydrogen) atoms. The van der Waals surface area contributed by atoms with Gasteiger partial charge in [-0.15, -0.1) is 0 Å². The first kappa shape index (κ1) is 13.3. The Balaban J connectivity index is 2.17. The van der Waals surface area contributed by atoms with Gasteiger partial charge in [-0.1, -0.05) is 0 Å². The molecular formula is C14H17N3O2. The van der Waals surface area contributed by atoms with Gasteiger partial charge in [-0.3, -0.25) is 4.79 Å². The predicted molar refractivity (Wildman–Crippen MR) is 72.2 cm³/mol. The van der Waals surface area contributed by atoms with Crippen LogP contribution in [-0.4, -0.2) is 45.2 Å². The number of carbonyl (C=O) groups excluding carboxylic acids is 1. The molecule has 1 atom stereocenters. The molecule has 2 rings (SSSR count). The fraction of sp³-hybridized carbons (Fsp3) is 0.286. The Morgan fingerprint density at radius 1 is 1.42 bits per heavy atom. The second kappa shape index (κ2) is 5.67. The first-order valence-corrected chi connectivity index (χ1v) is 6.10. The summed E-state index contributed by atoms with van der Waals surface area (Å²) in [5.41, 5.74) is 1.55. The molecule has 1 aromatic heterocycles. The zero-order valence-corrected chi connectivity index (χ0v) is 11.0. The number of rotatable bonds is 4. The summed E-state index contributed by atoms with van der Waals surface area (Å²) in [7, 11) is 1.69. The van der Waals surface area contributed by atoms with E-state index in [9.17, 15) is 4.79 Å². The van der Waals surface area contributed by atoms with E-state index in [1.54, 1.807) is 38.6 Å². The summed E-state index contributed by atoms with van der Waals surface area (Å²) in [6.45, 7) is 1.76. The van der Waals surface area contributed by atoms with Crippen molar-refractivity contribution in [2.75, 3.05) is 13.7 Å². The molecule has 1 heterocycles. The standard InChI is InChI=1S/C14H17N3O2/c1-11(9-18)16(2)14(19)12-3-5-13(6-4-12)17-8-7-15-10-17/h3-8,10-11,18H,9H2,1-2H3. The minimum absolute atomic E-state index is 0.0463. The van der Waals surface area contributed by atoms with Gasteiger partial charge < -0.3 is 14.6 Å². The van der Waals surface area contributed by atoms with E-state index in [4.69, 9.17) is 5.11 Å². The summed E-state index contributed by atoms with van der Waals surface area (Å²) in [5.74, 6) is -0.0984. The summed E-state index contributed by atoms with van der Waals surface area (Å²) in [6, 6.07) is 7.09. The Morgan fingerprint density at radius 3 is 2.63 bits per heavy atom. The number of nitrogens with zero attached hydrogens (tertiary/aromatic N) is 3. The molecule has 100 valence electrons. The van der Waals surface area contributed by atoms with Gasteiger partial charge in [0.2, 0.25) is 0 Å². The molecule has 5 nitrogen and oxygen atoms in total. The highest BCUT2D eigenvalue weighted by atomic mass is 16.3. The highest BCUT2D eigenvalue weighted by molar-refractivity contribution is 5.94. The van der Waals surface area contributed by atoms with Gasteiger partial charge in [0.05, 0.1) is 19.0 Å². The smallest absolute Gasteiger partial charge is 0.253 e. The average Bonchev–Trinajstić information content (AvgIpc) is 2.99. The third-order valence-corrected chi connectivity index (χ3v) is 3.16. The largest absolute Gasteiger partial charge is 0.394 e. The molecule has 5 heteroatoms. The molecule has 0 bridgehead atoms. The van der Waals surface area contributed by atoms with E-state index in [2.05, 4.69) is 4.98 Å². The summed E-state index contributed by atoms with van der Waals surface area (Å²) in [5, 5.41) is 9.07. The van der Waals surface area contributed by atoms with Crippen LogP contribution >= 0.6 is 0 Å². The highest BCUT2D eigenvalue weighted by Crippen LogP contribution is 2.11. The van der Waals surface area contributed by atoms with Crippen molar-refractivity contribution in [3.05, 3.63) is 48.5 Å². The topological polar surface area (TPSA) is 58.4 Å².